The molecule has 5 rings (SSSR count). The summed E-state index contributed by atoms with van der Waals surface area (Å²) >= 11 is 0. The maximum atomic E-state index is 9.07. The Balaban J connectivity index is 1.18. The van der Waals surface area contributed by atoms with Gasteiger partial charge in [-0.15, -0.1) is 5.10 Å². The largest absolute Gasteiger partial charge is 0.371 e. The zero-order chi connectivity index (χ0) is 20.3. The van der Waals surface area contributed by atoms with Crippen LogP contribution in [-0.4, -0.2) is 46.5 Å². The number of benzene rings is 1. The topological polar surface area (TPSA) is 85.0 Å². The van der Waals surface area contributed by atoms with E-state index < -0.39 is 0 Å². The van der Waals surface area contributed by atoms with E-state index in [4.69, 9.17) is 14.7 Å². The molecular formula is C23H29N5O2. The lowest BCUT2D eigenvalue weighted by Crippen LogP contribution is -2.40. The van der Waals surface area contributed by atoms with Crippen LogP contribution in [0.5, 0.6) is 0 Å². The fraction of sp³-hybridized carbons (Fsp3) is 0.609. The van der Waals surface area contributed by atoms with Crippen molar-refractivity contribution in [2.75, 3.05) is 13.2 Å². The third-order valence-electron chi connectivity index (χ3n) is 6.77. The first kappa shape index (κ1) is 19.7. The van der Waals surface area contributed by atoms with E-state index in [0.29, 0.717) is 25.3 Å². The molecule has 2 aromatic rings. The number of hydrogen-bond donors (Lipinski definition) is 1. The Kier molecular flexibility index (Phi) is 5.80. The molecule has 1 saturated carbocycles. The Morgan fingerprint density at radius 1 is 1.13 bits per heavy atom. The number of fused-ring (bicyclic) bond motifs is 1. The molecule has 2 aliphatic heterocycles. The Bertz CT molecular complexity index is 901. The Morgan fingerprint density at radius 2 is 2.00 bits per heavy atom. The molecular weight excluding hydrogens is 378 g/mol. The molecule has 7 nitrogen and oxygen atoms in total. The van der Waals surface area contributed by atoms with Crippen molar-refractivity contribution in [1.29, 1.82) is 5.26 Å². The number of hydrogen-bond acceptors (Lipinski definition) is 6. The minimum absolute atomic E-state index is 0.00262. The van der Waals surface area contributed by atoms with E-state index in [1.165, 1.54) is 32.1 Å². The fourth-order valence-electron chi connectivity index (χ4n) is 5.14. The number of ether oxygens (including phenoxy) is 2. The molecule has 3 aliphatic rings. The lowest BCUT2D eigenvalue weighted by atomic mass is 9.86. The molecule has 0 spiro atoms. The second-order valence-corrected chi connectivity index (χ2v) is 8.86. The summed E-state index contributed by atoms with van der Waals surface area (Å²) in [6.45, 7) is 1.91. The molecule has 158 valence electrons. The van der Waals surface area contributed by atoms with Gasteiger partial charge >= 0.3 is 0 Å². The Hall–Kier alpha value is -2.27. The molecule has 0 unspecified atom stereocenters. The average molecular weight is 408 g/mol. The molecule has 4 atom stereocenters. The van der Waals surface area contributed by atoms with Crippen molar-refractivity contribution < 1.29 is 9.47 Å². The highest BCUT2D eigenvalue weighted by atomic mass is 16.6. The summed E-state index contributed by atoms with van der Waals surface area (Å²) in [6.07, 6.45) is 9.86. The van der Waals surface area contributed by atoms with Gasteiger partial charge in [0.25, 0.3) is 0 Å². The van der Waals surface area contributed by atoms with Crippen LogP contribution < -0.4 is 5.32 Å². The van der Waals surface area contributed by atoms with E-state index in [2.05, 4.69) is 27.9 Å². The molecule has 1 aromatic carbocycles. The third kappa shape index (κ3) is 4.13. The van der Waals surface area contributed by atoms with E-state index in [1.54, 1.807) is 0 Å². The highest BCUT2D eigenvalue weighted by Crippen LogP contribution is 2.34. The normalized spacial score (nSPS) is 29.0. The standard InChI is InChI=1S/C23H29N5O2/c24-11-17-7-4-8-18(9-17)12-25-20-14-29-23-21(15-30-22(20)23)28-13-19(26-27-28)10-16-5-2-1-3-6-16/h4,7-9,13,16,20-23,25H,1-3,5-6,10,12,14-15H2/t20-,21-,22+,23+/m0/s1. The summed E-state index contributed by atoms with van der Waals surface area (Å²) < 4.78 is 14.2. The first-order valence-electron chi connectivity index (χ1n) is 11.2. The Labute approximate surface area is 177 Å². The third-order valence-corrected chi connectivity index (χ3v) is 6.77. The van der Waals surface area contributed by atoms with E-state index >= 15 is 0 Å². The lowest BCUT2D eigenvalue weighted by Gasteiger charge is -2.20. The van der Waals surface area contributed by atoms with Crippen LogP contribution in [0.15, 0.2) is 30.5 Å². The lowest BCUT2D eigenvalue weighted by molar-refractivity contribution is 0.0619. The zero-order valence-corrected chi connectivity index (χ0v) is 17.2. The molecule has 2 saturated heterocycles. The summed E-state index contributed by atoms with van der Waals surface area (Å²) in [5.74, 6) is 0.757. The first-order valence-corrected chi connectivity index (χ1v) is 11.2. The Morgan fingerprint density at radius 3 is 2.87 bits per heavy atom. The minimum Gasteiger partial charge on any atom is -0.371 e. The molecule has 3 heterocycles. The van der Waals surface area contributed by atoms with Gasteiger partial charge in [0.05, 0.1) is 36.6 Å². The van der Waals surface area contributed by atoms with Crippen molar-refractivity contribution in [3.8, 4) is 6.07 Å². The summed E-state index contributed by atoms with van der Waals surface area (Å²) in [5.41, 5.74) is 2.87. The van der Waals surface area contributed by atoms with Crippen molar-refractivity contribution in [3.63, 3.8) is 0 Å². The van der Waals surface area contributed by atoms with Gasteiger partial charge in [-0.1, -0.05) is 49.5 Å². The second-order valence-electron chi connectivity index (χ2n) is 8.86. The number of nitrogens with zero attached hydrogens (tertiary/aromatic N) is 4. The number of aromatic nitrogens is 3. The average Bonchev–Trinajstić information content (AvgIpc) is 3.50. The molecule has 7 heteroatoms. The van der Waals surface area contributed by atoms with Gasteiger partial charge in [-0.05, 0) is 30.0 Å². The van der Waals surface area contributed by atoms with Crippen LogP contribution in [0.1, 0.15) is 55.0 Å². The molecule has 1 N–H and O–H groups in total. The van der Waals surface area contributed by atoms with Crippen LogP contribution in [0.4, 0.5) is 0 Å². The molecule has 1 aromatic heterocycles. The SMILES string of the molecule is N#Cc1cccc(CN[C@H]2CO[C@H]3[C@@H]2OC[C@@H]3n2cc(CC3CCCCC3)nn2)c1. The van der Waals surface area contributed by atoms with E-state index in [0.717, 1.165) is 23.6 Å². The van der Waals surface area contributed by atoms with Gasteiger partial charge in [-0.2, -0.15) is 5.26 Å². The second kappa shape index (κ2) is 8.84. The van der Waals surface area contributed by atoms with Crippen LogP contribution >= 0.6 is 0 Å². The van der Waals surface area contributed by atoms with Gasteiger partial charge in [-0.3, -0.25) is 0 Å². The number of rotatable bonds is 6. The van der Waals surface area contributed by atoms with Crippen LogP contribution in [-0.2, 0) is 22.4 Å². The predicted octanol–water partition coefficient (Wildman–Crippen LogP) is 2.77. The number of nitriles is 1. The fourth-order valence-corrected chi connectivity index (χ4v) is 5.14. The summed E-state index contributed by atoms with van der Waals surface area (Å²) in [5, 5.41) is 21.5. The summed E-state index contributed by atoms with van der Waals surface area (Å²) in [7, 11) is 0. The number of nitrogens with one attached hydrogen (secondary N) is 1. The smallest absolute Gasteiger partial charge is 0.110 e. The van der Waals surface area contributed by atoms with Gasteiger partial charge in [-0.25, -0.2) is 4.68 Å². The quantitative estimate of drug-likeness (QED) is 0.793. The first-order chi connectivity index (χ1) is 14.8. The highest BCUT2D eigenvalue weighted by Gasteiger charge is 2.48. The van der Waals surface area contributed by atoms with Crippen LogP contribution in [0.2, 0.25) is 0 Å². The summed E-state index contributed by atoms with van der Waals surface area (Å²) in [6, 6.07) is 10.1. The van der Waals surface area contributed by atoms with E-state index in [9.17, 15) is 0 Å². The minimum atomic E-state index is -0.00262. The van der Waals surface area contributed by atoms with Crippen LogP contribution in [0.3, 0.4) is 0 Å². The van der Waals surface area contributed by atoms with Gasteiger partial charge < -0.3 is 14.8 Å². The van der Waals surface area contributed by atoms with Gasteiger partial charge in [0.1, 0.15) is 18.2 Å². The van der Waals surface area contributed by atoms with Gasteiger partial charge in [0.15, 0.2) is 0 Å². The van der Waals surface area contributed by atoms with Crippen molar-refractivity contribution >= 4 is 0 Å². The maximum Gasteiger partial charge on any atom is 0.110 e. The van der Waals surface area contributed by atoms with E-state index in [1.807, 2.05) is 28.9 Å². The highest BCUT2D eigenvalue weighted by molar-refractivity contribution is 5.32. The van der Waals surface area contributed by atoms with Crippen LogP contribution in [0, 0.1) is 17.2 Å². The van der Waals surface area contributed by atoms with E-state index in [-0.39, 0.29) is 24.3 Å². The summed E-state index contributed by atoms with van der Waals surface area (Å²) in [4.78, 5) is 0. The molecule has 0 radical (unpaired) electrons. The van der Waals surface area contributed by atoms with Crippen molar-refractivity contribution in [2.45, 2.75) is 69.4 Å². The van der Waals surface area contributed by atoms with Crippen LogP contribution in [0.25, 0.3) is 0 Å². The van der Waals surface area contributed by atoms with Gasteiger partial charge in [0, 0.05) is 12.7 Å². The maximum absolute atomic E-state index is 9.07. The van der Waals surface area contributed by atoms with Crippen molar-refractivity contribution in [1.82, 2.24) is 20.3 Å². The molecule has 0 bridgehead atoms. The molecule has 1 aliphatic carbocycles. The molecule has 0 amide bonds. The van der Waals surface area contributed by atoms with Gasteiger partial charge in [0.2, 0.25) is 0 Å². The molecule has 3 fully saturated rings. The predicted molar refractivity (Wildman–Crippen MR) is 111 cm³/mol. The zero-order valence-electron chi connectivity index (χ0n) is 17.2. The monoisotopic (exact) mass is 407 g/mol. The van der Waals surface area contributed by atoms with Crippen molar-refractivity contribution in [2.24, 2.45) is 5.92 Å². The molecule has 30 heavy (non-hydrogen) atoms. The van der Waals surface area contributed by atoms with Crippen molar-refractivity contribution in [3.05, 3.63) is 47.3 Å².